The van der Waals surface area contributed by atoms with Crippen LogP contribution in [0.15, 0.2) is 40.9 Å². The first-order valence-electron chi connectivity index (χ1n) is 5.86. The summed E-state index contributed by atoms with van der Waals surface area (Å²) in [7, 11) is 0. The Morgan fingerprint density at radius 2 is 1.75 bits per heavy atom. The molecule has 2 aromatic carbocycles. The van der Waals surface area contributed by atoms with E-state index in [1.807, 2.05) is 24.3 Å². The van der Waals surface area contributed by atoms with E-state index in [-0.39, 0.29) is 6.04 Å². The van der Waals surface area contributed by atoms with Crippen LogP contribution in [0, 0.1) is 0 Å². The molecule has 3 N–H and O–H groups in total. The van der Waals surface area contributed by atoms with Crippen LogP contribution >= 0.6 is 50.7 Å². The maximum absolute atomic E-state index is 6.23. The van der Waals surface area contributed by atoms with E-state index in [2.05, 4.69) is 21.4 Å². The van der Waals surface area contributed by atoms with Crippen LogP contribution in [0.1, 0.15) is 17.2 Å². The second-order valence-electron chi connectivity index (χ2n) is 4.32. The molecule has 2 aromatic rings. The number of rotatable bonds is 4. The van der Waals surface area contributed by atoms with Gasteiger partial charge in [0.25, 0.3) is 0 Å². The number of hydrogen-bond acceptors (Lipinski definition) is 2. The summed E-state index contributed by atoms with van der Waals surface area (Å²) in [5.41, 5.74) is 4.59. The number of halogens is 4. The average Bonchev–Trinajstić information content (AvgIpc) is 2.42. The van der Waals surface area contributed by atoms with Crippen molar-refractivity contribution in [3.8, 4) is 0 Å². The molecule has 20 heavy (non-hydrogen) atoms. The summed E-state index contributed by atoms with van der Waals surface area (Å²) in [5, 5.41) is 1.94. The van der Waals surface area contributed by atoms with Crippen molar-refractivity contribution in [2.24, 2.45) is 5.84 Å². The third-order valence-electron chi connectivity index (χ3n) is 2.97. The molecule has 0 aromatic heterocycles. The molecule has 0 saturated heterocycles. The standard InChI is InChI=1S/C14H12BrCl3N2/c15-9-1-3-13(18)11(7-9)14(20-19)6-8-5-10(16)2-4-12(8)17/h1-5,7,14,20H,6,19H2. The summed E-state index contributed by atoms with van der Waals surface area (Å²) >= 11 is 21.9. The first kappa shape index (κ1) is 16.1. The number of nitrogens with one attached hydrogen (secondary N) is 1. The van der Waals surface area contributed by atoms with Gasteiger partial charge in [-0.3, -0.25) is 11.3 Å². The number of benzene rings is 2. The summed E-state index contributed by atoms with van der Waals surface area (Å²) in [6, 6.07) is 10.8. The van der Waals surface area contributed by atoms with E-state index in [1.54, 1.807) is 12.1 Å². The topological polar surface area (TPSA) is 38.0 Å². The van der Waals surface area contributed by atoms with Gasteiger partial charge in [0, 0.05) is 19.5 Å². The molecule has 6 heteroatoms. The highest BCUT2D eigenvalue weighted by Crippen LogP contribution is 2.31. The van der Waals surface area contributed by atoms with Crippen molar-refractivity contribution in [3.63, 3.8) is 0 Å². The third kappa shape index (κ3) is 3.88. The second-order valence-corrected chi connectivity index (χ2v) is 6.49. The first-order chi connectivity index (χ1) is 9.51. The number of nitrogens with two attached hydrogens (primary N) is 1. The van der Waals surface area contributed by atoms with Crippen molar-refractivity contribution < 1.29 is 0 Å². The lowest BCUT2D eigenvalue weighted by atomic mass is 9.99. The molecule has 2 rings (SSSR count). The fraction of sp³-hybridized carbons (Fsp3) is 0.143. The lowest BCUT2D eigenvalue weighted by molar-refractivity contribution is 0.552. The van der Waals surface area contributed by atoms with Crippen molar-refractivity contribution in [2.75, 3.05) is 0 Å². The molecular weight excluding hydrogens is 382 g/mol. The summed E-state index contributed by atoms with van der Waals surface area (Å²) in [6.07, 6.45) is 0.589. The van der Waals surface area contributed by atoms with Gasteiger partial charge in [0.1, 0.15) is 0 Å². The largest absolute Gasteiger partial charge is 0.271 e. The highest BCUT2D eigenvalue weighted by Gasteiger charge is 2.16. The Labute approximate surface area is 141 Å². The molecule has 1 atom stereocenters. The molecule has 0 spiro atoms. The minimum absolute atomic E-state index is 0.157. The number of hydrazine groups is 1. The molecule has 2 nitrogen and oxygen atoms in total. The van der Waals surface area contributed by atoms with Crippen LogP contribution in [0.25, 0.3) is 0 Å². The zero-order chi connectivity index (χ0) is 14.7. The van der Waals surface area contributed by atoms with Crippen LogP contribution in [0.4, 0.5) is 0 Å². The zero-order valence-electron chi connectivity index (χ0n) is 10.3. The molecule has 0 amide bonds. The van der Waals surface area contributed by atoms with Gasteiger partial charge in [0.15, 0.2) is 0 Å². The van der Waals surface area contributed by atoms with Gasteiger partial charge in [-0.1, -0.05) is 50.7 Å². The maximum atomic E-state index is 6.23. The number of hydrogen-bond donors (Lipinski definition) is 2. The fourth-order valence-electron chi connectivity index (χ4n) is 1.96. The van der Waals surface area contributed by atoms with Gasteiger partial charge < -0.3 is 0 Å². The Balaban J connectivity index is 2.33. The van der Waals surface area contributed by atoms with Crippen LogP contribution in [0.5, 0.6) is 0 Å². The predicted molar refractivity (Wildman–Crippen MR) is 89.4 cm³/mol. The Bertz CT molecular complexity index is 619. The monoisotopic (exact) mass is 392 g/mol. The SMILES string of the molecule is NNC(Cc1cc(Cl)ccc1Cl)c1cc(Br)ccc1Cl. The minimum atomic E-state index is -0.157. The average molecular weight is 395 g/mol. The Hall–Kier alpha value is -0.290. The highest BCUT2D eigenvalue weighted by molar-refractivity contribution is 9.10. The fourth-order valence-corrected chi connectivity index (χ4v) is 2.98. The van der Waals surface area contributed by atoms with Gasteiger partial charge in [0.2, 0.25) is 0 Å². The minimum Gasteiger partial charge on any atom is -0.271 e. The first-order valence-corrected chi connectivity index (χ1v) is 7.79. The Kier molecular flexibility index (Phi) is 5.73. The normalized spacial score (nSPS) is 12.4. The highest BCUT2D eigenvalue weighted by atomic mass is 79.9. The molecule has 1 unspecified atom stereocenters. The van der Waals surface area contributed by atoms with Crippen LogP contribution in [0.3, 0.4) is 0 Å². The summed E-state index contributed by atoms with van der Waals surface area (Å²) in [5.74, 6) is 5.66. The van der Waals surface area contributed by atoms with E-state index in [0.29, 0.717) is 21.5 Å². The molecule has 0 aliphatic rings. The Morgan fingerprint density at radius 3 is 2.45 bits per heavy atom. The van der Waals surface area contributed by atoms with E-state index in [9.17, 15) is 0 Å². The van der Waals surface area contributed by atoms with Gasteiger partial charge in [-0.25, -0.2) is 0 Å². The molecule has 0 heterocycles. The van der Waals surface area contributed by atoms with E-state index < -0.39 is 0 Å². The molecule has 0 radical (unpaired) electrons. The molecule has 0 aliphatic carbocycles. The van der Waals surface area contributed by atoms with Crippen molar-refractivity contribution in [1.29, 1.82) is 0 Å². The van der Waals surface area contributed by atoms with E-state index >= 15 is 0 Å². The summed E-state index contributed by atoms with van der Waals surface area (Å²) in [4.78, 5) is 0. The van der Waals surface area contributed by atoms with Crippen molar-refractivity contribution in [3.05, 3.63) is 67.1 Å². The summed E-state index contributed by atoms with van der Waals surface area (Å²) < 4.78 is 0.939. The van der Waals surface area contributed by atoms with Crippen LogP contribution in [-0.4, -0.2) is 0 Å². The van der Waals surface area contributed by atoms with Gasteiger partial charge in [0.05, 0.1) is 6.04 Å². The molecule has 0 fully saturated rings. The molecule has 0 bridgehead atoms. The lowest BCUT2D eigenvalue weighted by Gasteiger charge is -2.19. The predicted octanol–water partition coefficient (Wildman–Crippen LogP) is 5.16. The van der Waals surface area contributed by atoms with E-state index in [4.69, 9.17) is 40.6 Å². The second kappa shape index (κ2) is 7.12. The lowest BCUT2D eigenvalue weighted by Crippen LogP contribution is -2.30. The van der Waals surface area contributed by atoms with Gasteiger partial charge in [-0.05, 0) is 53.9 Å². The van der Waals surface area contributed by atoms with Crippen LogP contribution < -0.4 is 11.3 Å². The van der Waals surface area contributed by atoms with Gasteiger partial charge in [-0.15, -0.1) is 0 Å². The summed E-state index contributed by atoms with van der Waals surface area (Å²) in [6.45, 7) is 0. The molecular formula is C14H12BrCl3N2. The smallest absolute Gasteiger partial charge is 0.0515 e. The van der Waals surface area contributed by atoms with Crippen LogP contribution in [-0.2, 0) is 6.42 Å². The van der Waals surface area contributed by atoms with Crippen molar-refractivity contribution >= 4 is 50.7 Å². The quantitative estimate of drug-likeness (QED) is 0.555. The zero-order valence-corrected chi connectivity index (χ0v) is 14.2. The molecule has 106 valence electrons. The van der Waals surface area contributed by atoms with Crippen LogP contribution in [0.2, 0.25) is 15.1 Å². The van der Waals surface area contributed by atoms with Gasteiger partial charge >= 0.3 is 0 Å². The Morgan fingerprint density at radius 1 is 1.05 bits per heavy atom. The van der Waals surface area contributed by atoms with Gasteiger partial charge in [-0.2, -0.15) is 0 Å². The molecule has 0 aliphatic heterocycles. The van der Waals surface area contributed by atoms with E-state index in [1.165, 1.54) is 0 Å². The van der Waals surface area contributed by atoms with Crippen molar-refractivity contribution in [1.82, 2.24) is 5.43 Å². The van der Waals surface area contributed by atoms with Crippen molar-refractivity contribution in [2.45, 2.75) is 12.5 Å². The molecule has 0 saturated carbocycles. The maximum Gasteiger partial charge on any atom is 0.0515 e. The third-order valence-corrected chi connectivity index (χ3v) is 4.41. The van der Waals surface area contributed by atoms with E-state index in [0.717, 1.165) is 15.6 Å².